The van der Waals surface area contributed by atoms with Gasteiger partial charge in [0.05, 0.1) is 10.7 Å². The Morgan fingerprint density at radius 3 is 2.14 bits per heavy atom. The normalized spacial score (nSPS) is 18.6. The van der Waals surface area contributed by atoms with Crippen LogP contribution in [0, 0.1) is 3.57 Å². The van der Waals surface area contributed by atoms with Gasteiger partial charge < -0.3 is 14.4 Å². The maximum absolute atomic E-state index is 13.2. The van der Waals surface area contributed by atoms with Crippen LogP contribution in [0.3, 0.4) is 0 Å². The second-order valence-electron chi connectivity index (χ2n) is 9.22. The highest BCUT2D eigenvalue weighted by molar-refractivity contribution is 14.1. The minimum atomic E-state index is -0.357. The number of rotatable bonds is 5. The van der Waals surface area contributed by atoms with E-state index in [2.05, 4.69) is 27.5 Å². The minimum absolute atomic E-state index is 0.144. The molecule has 0 saturated heterocycles. The molecule has 2 aliphatic carbocycles. The molecule has 0 fully saturated rings. The molecular weight excluding hydrogens is 577 g/mol. The standard InChI is InChI=1S/C28H27ClINO4/c1-31-20-5-3-7-22(32)26(20)25(27-21(31)6-4-8-23(27)33)17-13-19(30)28(24(14-17)34-2)35-15-16-9-11-18(29)12-10-16/h9-14,25H,3-8,15H2,1-2H3. The maximum atomic E-state index is 13.2. The molecule has 0 unspecified atom stereocenters. The minimum Gasteiger partial charge on any atom is -0.493 e. The average Bonchev–Trinajstić information content (AvgIpc) is 2.85. The van der Waals surface area contributed by atoms with Crippen molar-refractivity contribution in [2.75, 3.05) is 14.2 Å². The van der Waals surface area contributed by atoms with Crippen LogP contribution in [0.2, 0.25) is 5.02 Å². The molecule has 0 radical (unpaired) electrons. The Balaban J connectivity index is 1.57. The highest BCUT2D eigenvalue weighted by Gasteiger charge is 2.42. The Bertz CT molecular complexity index is 1220. The molecule has 0 N–H and O–H groups in total. The van der Waals surface area contributed by atoms with Gasteiger partial charge in [0.2, 0.25) is 0 Å². The van der Waals surface area contributed by atoms with Gasteiger partial charge in [-0.1, -0.05) is 23.7 Å². The van der Waals surface area contributed by atoms with Crippen LogP contribution in [0.5, 0.6) is 11.5 Å². The third-order valence-electron chi connectivity index (χ3n) is 7.13. The molecule has 1 aliphatic heterocycles. The van der Waals surface area contributed by atoms with Crippen LogP contribution >= 0.6 is 34.2 Å². The van der Waals surface area contributed by atoms with Gasteiger partial charge in [0.25, 0.3) is 0 Å². The Morgan fingerprint density at radius 2 is 1.57 bits per heavy atom. The molecule has 0 spiro atoms. The van der Waals surface area contributed by atoms with E-state index in [9.17, 15) is 9.59 Å². The van der Waals surface area contributed by atoms with Gasteiger partial charge in [-0.3, -0.25) is 9.59 Å². The van der Waals surface area contributed by atoms with Crippen molar-refractivity contribution in [2.45, 2.75) is 51.0 Å². The molecule has 35 heavy (non-hydrogen) atoms. The number of halogens is 2. The fourth-order valence-corrected chi connectivity index (χ4v) is 6.38. The third kappa shape index (κ3) is 4.51. The lowest BCUT2D eigenvalue weighted by Gasteiger charge is -2.42. The number of allylic oxidation sites excluding steroid dienone is 4. The van der Waals surface area contributed by atoms with Crippen LogP contribution in [0.15, 0.2) is 58.9 Å². The fourth-order valence-electron chi connectivity index (χ4n) is 5.47. The molecule has 0 bridgehead atoms. The summed E-state index contributed by atoms with van der Waals surface area (Å²) in [6, 6.07) is 11.5. The highest BCUT2D eigenvalue weighted by atomic mass is 127. The van der Waals surface area contributed by atoms with Crippen molar-refractivity contribution in [3.8, 4) is 11.5 Å². The Hall–Kier alpha value is -2.32. The molecule has 2 aromatic rings. The molecule has 0 amide bonds. The molecule has 5 rings (SSSR count). The predicted molar refractivity (Wildman–Crippen MR) is 144 cm³/mol. The summed E-state index contributed by atoms with van der Waals surface area (Å²) in [5.41, 5.74) is 5.59. The lowest BCUT2D eigenvalue weighted by molar-refractivity contribution is -0.117. The van der Waals surface area contributed by atoms with E-state index in [0.29, 0.717) is 36.0 Å². The molecule has 182 valence electrons. The van der Waals surface area contributed by atoms with Crippen molar-refractivity contribution in [3.63, 3.8) is 0 Å². The van der Waals surface area contributed by atoms with E-state index in [0.717, 1.165) is 62.9 Å². The Labute approximate surface area is 224 Å². The summed E-state index contributed by atoms with van der Waals surface area (Å²) in [4.78, 5) is 28.6. The van der Waals surface area contributed by atoms with Crippen molar-refractivity contribution < 1.29 is 19.1 Å². The smallest absolute Gasteiger partial charge is 0.174 e. The summed E-state index contributed by atoms with van der Waals surface area (Å²) >= 11 is 8.25. The van der Waals surface area contributed by atoms with E-state index in [1.54, 1.807) is 7.11 Å². The number of carbonyl (C=O) groups is 2. The number of hydrogen-bond donors (Lipinski definition) is 0. The fraction of sp³-hybridized carbons (Fsp3) is 0.357. The molecule has 7 heteroatoms. The summed E-state index contributed by atoms with van der Waals surface area (Å²) in [6.07, 6.45) is 4.46. The zero-order valence-electron chi connectivity index (χ0n) is 19.8. The lowest BCUT2D eigenvalue weighted by Crippen LogP contribution is -2.37. The number of ketones is 2. The van der Waals surface area contributed by atoms with Gasteiger partial charge in [0.1, 0.15) is 6.61 Å². The van der Waals surface area contributed by atoms with Crippen molar-refractivity contribution in [1.29, 1.82) is 0 Å². The van der Waals surface area contributed by atoms with Gasteiger partial charge in [-0.25, -0.2) is 0 Å². The quantitative estimate of drug-likeness (QED) is 0.362. The first kappa shape index (κ1) is 24.4. The first-order valence-electron chi connectivity index (χ1n) is 11.9. The summed E-state index contributed by atoms with van der Waals surface area (Å²) in [5, 5.41) is 0.681. The molecule has 2 aromatic carbocycles. The van der Waals surface area contributed by atoms with Crippen LogP contribution in [-0.2, 0) is 16.2 Å². The highest BCUT2D eigenvalue weighted by Crippen LogP contribution is 2.50. The van der Waals surface area contributed by atoms with E-state index in [-0.39, 0.29) is 17.5 Å². The van der Waals surface area contributed by atoms with Crippen LogP contribution < -0.4 is 9.47 Å². The summed E-state index contributed by atoms with van der Waals surface area (Å²) < 4.78 is 12.8. The maximum Gasteiger partial charge on any atom is 0.174 e. The van der Waals surface area contributed by atoms with E-state index in [4.69, 9.17) is 21.1 Å². The largest absolute Gasteiger partial charge is 0.493 e. The molecule has 0 saturated carbocycles. The number of carbonyl (C=O) groups excluding carboxylic acids is 2. The van der Waals surface area contributed by atoms with Crippen LogP contribution in [-0.4, -0.2) is 30.6 Å². The summed E-state index contributed by atoms with van der Waals surface area (Å²) in [7, 11) is 3.63. The molecular formula is C28H27ClINO4. The van der Waals surface area contributed by atoms with Gasteiger partial charge in [-0.2, -0.15) is 0 Å². The zero-order valence-corrected chi connectivity index (χ0v) is 22.7. The molecule has 1 heterocycles. The molecule has 0 aromatic heterocycles. The van der Waals surface area contributed by atoms with Gasteiger partial charge >= 0.3 is 0 Å². The second-order valence-corrected chi connectivity index (χ2v) is 10.8. The number of hydrogen-bond acceptors (Lipinski definition) is 5. The Morgan fingerprint density at radius 1 is 0.971 bits per heavy atom. The number of Topliss-reactive ketones (excluding diaryl/α,β-unsaturated/α-hetero) is 2. The molecule has 3 aliphatic rings. The number of methoxy groups -OCH3 is 1. The first-order chi connectivity index (χ1) is 16.9. The predicted octanol–water partition coefficient (Wildman–Crippen LogP) is 6.58. The van der Waals surface area contributed by atoms with Gasteiger partial charge in [-0.15, -0.1) is 0 Å². The number of benzene rings is 2. The number of ether oxygens (including phenoxy) is 2. The third-order valence-corrected chi connectivity index (χ3v) is 8.18. The van der Waals surface area contributed by atoms with Gasteiger partial charge in [0.15, 0.2) is 23.1 Å². The lowest BCUT2D eigenvalue weighted by atomic mass is 9.71. The second kappa shape index (κ2) is 9.97. The molecule has 0 atom stereocenters. The van der Waals surface area contributed by atoms with Gasteiger partial charge in [-0.05, 0) is 83.7 Å². The Kier molecular flexibility index (Phi) is 6.95. The van der Waals surface area contributed by atoms with Gasteiger partial charge in [0, 0.05) is 53.4 Å². The van der Waals surface area contributed by atoms with E-state index in [1.165, 1.54) is 0 Å². The van der Waals surface area contributed by atoms with Crippen LogP contribution in [0.25, 0.3) is 0 Å². The van der Waals surface area contributed by atoms with E-state index >= 15 is 0 Å². The van der Waals surface area contributed by atoms with E-state index in [1.807, 2.05) is 43.4 Å². The first-order valence-corrected chi connectivity index (χ1v) is 13.4. The monoisotopic (exact) mass is 603 g/mol. The van der Waals surface area contributed by atoms with Crippen molar-refractivity contribution >= 4 is 45.8 Å². The van der Waals surface area contributed by atoms with Crippen molar-refractivity contribution in [2.24, 2.45) is 0 Å². The number of nitrogens with zero attached hydrogens (tertiary/aromatic N) is 1. The topological polar surface area (TPSA) is 55.8 Å². The van der Waals surface area contributed by atoms with Crippen molar-refractivity contribution in [3.05, 3.63) is 78.7 Å². The van der Waals surface area contributed by atoms with Crippen LogP contribution in [0.4, 0.5) is 0 Å². The van der Waals surface area contributed by atoms with Crippen molar-refractivity contribution in [1.82, 2.24) is 4.90 Å². The van der Waals surface area contributed by atoms with Crippen LogP contribution in [0.1, 0.15) is 55.6 Å². The summed E-state index contributed by atoms with van der Waals surface area (Å²) in [6.45, 7) is 0.374. The SMILES string of the molecule is COc1cc(C2C3=C(CCCC3=O)N(C)C3=C2C(=O)CCC3)cc(I)c1OCc1ccc(Cl)cc1. The zero-order chi connectivity index (χ0) is 24.7. The van der Waals surface area contributed by atoms with E-state index < -0.39 is 0 Å². The molecule has 5 nitrogen and oxygen atoms in total. The average molecular weight is 604 g/mol. The summed E-state index contributed by atoms with van der Waals surface area (Å²) in [5.74, 6) is 1.17.